The molecule has 1 amide bonds. The highest BCUT2D eigenvalue weighted by molar-refractivity contribution is 7.21. The van der Waals surface area contributed by atoms with Crippen LogP contribution in [0.3, 0.4) is 0 Å². The average molecular weight is 423 g/mol. The summed E-state index contributed by atoms with van der Waals surface area (Å²) in [6.07, 6.45) is 0. The van der Waals surface area contributed by atoms with Gasteiger partial charge in [0.25, 0.3) is 5.91 Å². The third-order valence-electron chi connectivity index (χ3n) is 4.94. The fraction of sp³-hybridized carbons (Fsp3) is 0. The first-order valence-electron chi connectivity index (χ1n) is 9.72. The second-order valence-electron chi connectivity index (χ2n) is 6.94. The topological polar surface area (TPSA) is 75.1 Å². The minimum absolute atomic E-state index is 0.0839. The Morgan fingerprint density at radius 1 is 0.774 bits per heavy atom. The summed E-state index contributed by atoms with van der Waals surface area (Å²) in [6.45, 7) is 0. The summed E-state index contributed by atoms with van der Waals surface area (Å²) in [7, 11) is 0. The van der Waals surface area contributed by atoms with Crippen molar-refractivity contribution in [1.82, 2.24) is 10.2 Å². The fourth-order valence-corrected chi connectivity index (χ4v) is 4.44. The molecule has 0 aliphatic heterocycles. The number of anilines is 1. The first-order valence-corrected chi connectivity index (χ1v) is 10.5. The molecule has 2 aromatic heterocycles. The van der Waals surface area contributed by atoms with Crippen molar-refractivity contribution in [1.29, 1.82) is 0 Å². The van der Waals surface area contributed by atoms with Crippen LogP contribution in [0.2, 0.25) is 0 Å². The van der Waals surface area contributed by atoms with Gasteiger partial charge in [-0.2, -0.15) is 0 Å². The Labute approximate surface area is 182 Å². The van der Waals surface area contributed by atoms with E-state index >= 15 is 0 Å². The molecule has 0 saturated carbocycles. The quantitative estimate of drug-likeness (QED) is 0.373. The van der Waals surface area contributed by atoms with Gasteiger partial charge in [-0.25, -0.2) is 0 Å². The number of nitrogens with one attached hydrogen (secondary N) is 1. The number of rotatable bonds is 4. The SMILES string of the molecule is O=C(Nc1ccccc1)c1sc2nnc(-c3ccccc3)c(-c3ccccc3)c2c1O. The molecule has 3 aromatic carbocycles. The lowest BCUT2D eigenvalue weighted by Crippen LogP contribution is -2.10. The lowest BCUT2D eigenvalue weighted by Gasteiger charge is -2.10. The summed E-state index contributed by atoms with van der Waals surface area (Å²) >= 11 is 1.13. The molecule has 0 bridgehead atoms. The monoisotopic (exact) mass is 423 g/mol. The number of carbonyl (C=O) groups excluding carboxylic acids is 1. The third kappa shape index (κ3) is 3.53. The molecule has 0 atom stereocenters. The van der Waals surface area contributed by atoms with Crippen LogP contribution in [-0.2, 0) is 0 Å². The maximum Gasteiger partial charge on any atom is 0.269 e. The van der Waals surface area contributed by atoms with Gasteiger partial charge < -0.3 is 10.4 Å². The van der Waals surface area contributed by atoms with E-state index in [9.17, 15) is 9.90 Å². The Morgan fingerprint density at radius 3 is 2.00 bits per heavy atom. The molecule has 0 aliphatic rings. The van der Waals surface area contributed by atoms with E-state index in [2.05, 4.69) is 15.5 Å². The number of benzene rings is 3. The third-order valence-corrected chi connectivity index (χ3v) is 6.00. The molecule has 0 unspecified atom stereocenters. The van der Waals surface area contributed by atoms with Crippen LogP contribution in [-0.4, -0.2) is 21.2 Å². The van der Waals surface area contributed by atoms with Crippen LogP contribution in [0.25, 0.3) is 32.6 Å². The van der Waals surface area contributed by atoms with Gasteiger partial charge in [-0.15, -0.1) is 21.5 Å². The number of nitrogens with zero attached hydrogens (tertiary/aromatic N) is 2. The van der Waals surface area contributed by atoms with Gasteiger partial charge in [0, 0.05) is 16.8 Å². The number of carbonyl (C=O) groups is 1. The molecule has 6 heteroatoms. The predicted octanol–water partition coefficient (Wildman–Crippen LogP) is 5.98. The van der Waals surface area contributed by atoms with Gasteiger partial charge in [0.15, 0.2) is 4.83 Å². The Hall–Kier alpha value is -4.03. The van der Waals surface area contributed by atoms with Gasteiger partial charge in [-0.3, -0.25) is 4.79 Å². The average Bonchev–Trinajstić information content (AvgIpc) is 3.17. The smallest absolute Gasteiger partial charge is 0.269 e. The number of amides is 1. The molecule has 0 saturated heterocycles. The number of para-hydroxylation sites is 1. The van der Waals surface area contributed by atoms with Crippen LogP contribution in [0.1, 0.15) is 9.67 Å². The molecule has 5 nitrogen and oxygen atoms in total. The summed E-state index contributed by atoms with van der Waals surface area (Å²) in [5.41, 5.74) is 3.84. The van der Waals surface area contributed by atoms with Crippen molar-refractivity contribution >= 4 is 33.1 Å². The molecule has 2 N–H and O–H groups in total. The van der Waals surface area contributed by atoms with Crippen molar-refractivity contribution in [2.24, 2.45) is 0 Å². The normalized spacial score (nSPS) is 10.8. The summed E-state index contributed by atoms with van der Waals surface area (Å²) in [5, 5.41) is 23.3. The van der Waals surface area contributed by atoms with Crippen LogP contribution in [0.4, 0.5) is 5.69 Å². The van der Waals surface area contributed by atoms with Crippen LogP contribution >= 0.6 is 11.3 Å². The maximum atomic E-state index is 12.9. The molecule has 0 spiro atoms. The van der Waals surface area contributed by atoms with E-state index in [-0.39, 0.29) is 16.5 Å². The van der Waals surface area contributed by atoms with Gasteiger partial charge >= 0.3 is 0 Å². The number of aromatic nitrogens is 2. The van der Waals surface area contributed by atoms with E-state index in [1.54, 1.807) is 12.1 Å². The Bertz CT molecular complexity index is 1370. The summed E-state index contributed by atoms with van der Waals surface area (Å²) < 4.78 is 0. The minimum Gasteiger partial charge on any atom is -0.505 e. The number of hydrogen-bond acceptors (Lipinski definition) is 5. The Morgan fingerprint density at radius 2 is 1.35 bits per heavy atom. The van der Waals surface area contributed by atoms with E-state index in [1.165, 1.54) is 0 Å². The second kappa shape index (κ2) is 8.01. The summed E-state index contributed by atoms with van der Waals surface area (Å²) in [4.78, 5) is 13.6. The number of hydrogen-bond donors (Lipinski definition) is 2. The minimum atomic E-state index is -0.382. The number of aromatic hydroxyl groups is 1. The Kier molecular flexibility index (Phi) is 4.90. The number of thiophene rings is 1. The number of fused-ring (bicyclic) bond motifs is 1. The van der Waals surface area contributed by atoms with Gasteiger partial charge in [0.2, 0.25) is 0 Å². The van der Waals surface area contributed by atoms with E-state index < -0.39 is 0 Å². The van der Waals surface area contributed by atoms with Crippen molar-refractivity contribution in [3.63, 3.8) is 0 Å². The van der Waals surface area contributed by atoms with Crippen molar-refractivity contribution < 1.29 is 9.90 Å². The fourth-order valence-electron chi connectivity index (χ4n) is 3.52. The van der Waals surface area contributed by atoms with Gasteiger partial charge in [-0.1, -0.05) is 78.9 Å². The highest BCUT2D eigenvalue weighted by Crippen LogP contribution is 2.45. The van der Waals surface area contributed by atoms with E-state index in [4.69, 9.17) is 0 Å². The first-order chi connectivity index (χ1) is 15.2. The van der Waals surface area contributed by atoms with Crippen molar-refractivity contribution in [2.45, 2.75) is 0 Å². The van der Waals surface area contributed by atoms with Crippen LogP contribution in [0, 0.1) is 0 Å². The predicted molar refractivity (Wildman–Crippen MR) is 124 cm³/mol. The van der Waals surface area contributed by atoms with Crippen molar-refractivity contribution in [3.8, 4) is 28.1 Å². The van der Waals surface area contributed by atoms with Gasteiger partial charge in [-0.05, 0) is 17.7 Å². The Balaban J connectivity index is 1.71. The largest absolute Gasteiger partial charge is 0.505 e. The molecular weight excluding hydrogens is 406 g/mol. The summed E-state index contributed by atoms with van der Waals surface area (Å²) in [6, 6.07) is 28.6. The van der Waals surface area contributed by atoms with E-state index in [1.807, 2.05) is 78.9 Å². The van der Waals surface area contributed by atoms with Gasteiger partial charge in [0.1, 0.15) is 16.3 Å². The zero-order valence-corrected chi connectivity index (χ0v) is 17.1. The van der Waals surface area contributed by atoms with Crippen molar-refractivity contribution in [3.05, 3.63) is 95.9 Å². The maximum absolute atomic E-state index is 12.9. The first kappa shape index (κ1) is 19.0. The molecule has 0 aliphatic carbocycles. The molecule has 31 heavy (non-hydrogen) atoms. The molecular formula is C25H17N3O2S. The van der Waals surface area contributed by atoms with Gasteiger partial charge in [0.05, 0.1) is 5.39 Å². The highest BCUT2D eigenvalue weighted by Gasteiger charge is 2.25. The van der Waals surface area contributed by atoms with Crippen molar-refractivity contribution in [2.75, 3.05) is 5.32 Å². The zero-order chi connectivity index (χ0) is 21.2. The molecule has 150 valence electrons. The highest BCUT2D eigenvalue weighted by atomic mass is 32.1. The van der Waals surface area contributed by atoms with Crippen LogP contribution in [0.15, 0.2) is 91.0 Å². The lowest BCUT2D eigenvalue weighted by molar-refractivity contribution is 0.102. The molecule has 5 aromatic rings. The van der Waals surface area contributed by atoms with Crippen LogP contribution < -0.4 is 5.32 Å². The molecule has 2 heterocycles. The van der Waals surface area contributed by atoms with Crippen LogP contribution in [0.5, 0.6) is 5.75 Å². The molecule has 0 fully saturated rings. The second-order valence-corrected chi connectivity index (χ2v) is 7.93. The lowest BCUT2D eigenvalue weighted by atomic mass is 9.97. The zero-order valence-electron chi connectivity index (χ0n) is 16.3. The van der Waals surface area contributed by atoms with E-state index in [0.717, 1.165) is 28.0 Å². The standard InChI is InChI=1S/C25H17N3O2S/c29-22-20-19(16-10-4-1-5-11-16)21(17-12-6-2-7-13-17)27-28-25(20)31-23(22)24(30)26-18-14-8-3-9-15-18/h1-15,29H,(H,26,30). The summed E-state index contributed by atoms with van der Waals surface area (Å²) in [5.74, 6) is -0.466. The molecule has 5 rings (SSSR count). The molecule has 0 radical (unpaired) electrons. The van der Waals surface area contributed by atoms with E-state index in [0.29, 0.717) is 21.6 Å².